The number of nitrogens with zero attached hydrogens (tertiary/aromatic N) is 6. The number of carbonyl (C=O) groups excluding carboxylic acids is 1. The van der Waals surface area contributed by atoms with Crippen molar-refractivity contribution >= 4 is 34.3 Å². The Kier molecular flexibility index (Phi) is 2.41. The maximum absolute atomic E-state index is 11.1. The number of rotatable bonds is 3. The Morgan fingerprint density at radius 2 is 2.41 bits per heavy atom. The van der Waals surface area contributed by atoms with Crippen molar-refractivity contribution in [2.45, 2.75) is 10.2 Å². The minimum absolute atomic E-state index is 0.522. The number of aryl methyl sites for hydroxylation is 1. The Morgan fingerprint density at radius 3 is 3.12 bits per heavy atom. The van der Waals surface area contributed by atoms with Crippen LogP contribution in [0.2, 0.25) is 0 Å². The Morgan fingerprint density at radius 1 is 1.53 bits per heavy atom. The highest BCUT2D eigenvalue weighted by Gasteiger charge is 2.16. The lowest BCUT2D eigenvalue weighted by Gasteiger charge is -1.95. The van der Waals surface area contributed by atoms with E-state index in [-0.39, 0.29) is 0 Å². The van der Waals surface area contributed by atoms with Gasteiger partial charge in [-0.25, -0.2) is 9.67 Å². The van der Waals surface area contributed by atoms with E-state index in [1.807, 2.05) is 11.6 Å². The monoisotopic (exact) mass is 266 g/mol. The van der Waals surface area contributed by atoms with Gasteiger partial charge in [-0.1, -0.05) is 0 Å². The first-order valence-corrected chi connectivity index (χ1v) is 6.30. The summed E-state index contributed by atoms with van der Waals surface area (Å²) in [6.07, 6.45) is 2.61. The number of hydrogen-bond acceptors (Lipinski definition) is 7. The lowest BCUT2D eigenvalue weighted by Crippen LogP contribution is -1.94. The summed E-state index contributed by atoms with van der Waals surface area (Å²) in [4.78, 5) is 16.2. The molecule has 0 N–H and O–H groups in total. The van der Waals surface area contributed by atoms with Gasteiger partial charge >= 0.3 is 0 Å². The van der Waals surface area contributed by atoms with Crippen LogP contribution < -0.4 is 0 Å². The lowest BCUT2D eigenvalue weighted by molar-refractivity contribution is 0.111. The Bertz CT molecular complexity index is 683. The van der Waals surface area contributed by atoms with E-state index in [0.29, 0.717) is 15.9 Å². The van der Waals surface area contributed by atoms with Gasteiger partial charge in [0.05, 0.1) is 0 Å². The molecular formula is C8H6N6OS2. The molecule has 0 spiro atoms. The number of aromatic nitrogens is 6. The zero-order valence-corrected chi connectivity index (χ0v) is 10.3. The molecule has 0 saturated carbocycles. The van der Waals surface area contributed by atoms with Crippen LogP contribution in [0, 0.1) is 0 Å². The van der Waals surface area contributed by atoms with Crippen molar-refractivity contribution in [1.82, 2.24) is 29.6 Å². The summed E-state index contributed by atoms with van der Waals surface area (Å²) < 4.78 is 3.29. The van der Waals surface area contributed by atoms with Gasteiger partial charge in [0.2, 0.25) is 5.16 Å². The second-order valence-corrected chi connectivity index (χ2v) is 4.99. The van der Waals surface area contributed by atoms with Crippen molar-refractivity contribution in [3.05, 3.63) is 17.3 Å². The molecule has 0 fully saturated rings. The van der Waals surface area contributed by atoms with E-state index in [1.54, 1.807) is 11.4 Å². The molecule has 3 aromatic heterocycles. The molecule has 0 amide bonds. The average Bonchev–Trinajstić information content (AvgIpc) is 2.96. The van der Waals surface area contributed by atoms with E-state index in [9.17, 15) is 4.79 Å². The molecule has 3 heterocycles. The van der Waals surface area contributed by atoms with E-state index in [0.717, 1.165) is 11.2 Å². The van der Waals surface area contributed by atoms with Crippen LogP contribution in [0.3, 0.4) is 0 Å². The first kappa shape index (κ1) is 10.4. The van der Waals surface area contributed by atoms with E-state index >= 15 is 0 Å². The summed E-state index contributed by atoms with van der Waals surface area (Å²) in [7, 11) is 1.74. The molecular weight excluding hydrogens is 260 g/mol. The number of fused-ring (bicyclic) bond motifs is 1. The molecule has 3 rings (SSSR count). The molecule has 0 bridgehead atoms. The van der Waals surface area contributed by atoms with E-state index in [4.69, 9.17) is 0 Å². The second-order valence-electron chi connectivity index (χ2n) is 3.16. The Balaban J connectivity index is 2.08. The summed E-state index contributed by atoms with van der Waals surface area (Å²) in [6, 6.07) is 0. The molecule has 0 atom stereocenters. The maximum Gasteiger partial charge on any atom is 0.215 e. The molecule has 0 aliphatic rings. The smallest absolute Gasteiger partial charge is 0.215 e. The summed E-state index contributed by atoms with van der Waals surface area (Å²) in [5.74, 6) is 0. The number of aldehydes is 1. The second kappa shape index (κ2) is 3.93. The SMILES string of the molecule is Cn1nnnc1Sc1nc2sccn2c1C=O. The van der Waals surface area contributed by atoms with Crippen molar-refractivity contribution < 1.29 is 4.79 Å². The van der Waals surface area contributed by atoms with Gasteiger partial charge < -0.3 is 0 Å². The Hall–Kier alpha value is -1.74. The first-order chi connectivity index (χ1) is 8.29. The summed E-state index contributed by atoms with van der Waals surface area (Å²) in [6.45, 7) is 0. The van der Waals surface area contributed by atoms with E-state index in [2.05, 4.69) is 20.5 Å². The molecule has 17 heavy (non-hydrogen) atoms. The third-order valence-corrected chi connectivity index (χ3v) is 3.92. The van der Waals surface area contributed by atoms with Crippen molar-refractivity contribution in [2.75, 3.05) is 0 Å². The minimum atomic E-state index is 0.522. The number of hydrogen-bond donors (Lipinski definition) is 0. The quantitative estimate of drug-likeness (QED) is 0.655. The first-order valence-electron chi connectivity index (χ1n) is 4.60. The predicted octanol–water partition coefficient (Wildman–Crippen LogP) is 0.883. The highest BCUT2D eigenvalue weighted by atomic mass is 32.2. The largest absolute Gasteiger partial charge is 0.296 e. The standard InChI is InChI=1S/C8H6N6OS2/c1-13-8(10-11-12-13)17-6-5(4-15)14-2-3-16-7(14)9-6/h2-4H,1H3. The van der Waals surface area contributed by atoms with Gasteiger partial charge in [-0.05, 0) is 22.2 Å². The van der Waals surface area contributed by atoms with Crippen LogP contribution >= 0.6 is 23.1 Å². The molecule has 3 aromatic rings. The molecule has 0 aliphatic heterocycles. The summed E-state index contributed by atoms with van der Waals surface area (Å²) in [5.41, 5.74) is 0.522. The lowest BCUT2D eigenvalue weighted by atomic mass is 10.5. The number of tetrazole rings is 1. The summed E-state index contributed by atoms with van der Waals surface area (Å²) >= 11 is 2.75. The van der Waals surface area contributed by atoms with Crippen molar-refractivity contribution in [2.24, 2.45) is 7.05 Å². The van der Waals surface area contributed by atoms with Crippen LogP contribution in [0.4, 0.5) is 0 Å². The zero-order chi connectivity index (χ0) is 11.8. The van der Waals surface area contributed by atoms with Gasteiger partial charge in [0.15, 0.2) is 11.2 Å². The van der Waals surface area contributed by atoms with Crippen LogP contribution in [-0.2, 0) is 7.05 Å². The number of thiazole rings is 1. The minimum Gasteiger partial charge on any atom is -0.296 e. The molecule has 0 saturated heterocycles. The average molecular weight is 266 g/mol. The van der Waals surface area contributed by atoms with Crippen molar-refractivity contribution in [1.29, 1.82) is 0 Å². The molecule has 0 unspecified atom stereocenters. The third kappa shape index (κ3) is 1.63. The van der Waals surface area contributed by atoms with Gasteiger partial charge in [-0.15, -0.1) is 16.4 Å². The van der Waals surface area contributed by atoms with Crippen LogP contribution in [-0.4, -0.2) is 35.9 Å². The molecule has 0 aliphatic carbocycles. The molecule has 0 radical (unpaired) electrons. The van der Waals surface area contributed by atoms with Gasteiger partial charge in [0.1, 0.15) is 10.7 Å². The van der Waals surface area contributed by atoms with Crippen LogP contribution in [0.15, 0.2) is 21.8 Å². The topological polar surface area (TPSA) is 78.0 Å². The zero-order valence-electron chi connectivity index (χ0n) is 8.64. The van der Waals surface area contributed by atoms with E-state index in [1.165, 1.54) is 27.8 Å². The molecule has 7 nitrogen and oxygen atoms in total. The third-order valence-electron chi connectivity index (χ3n) is 2.15. The molecule has 9 heteroatoms. The van der Waals surface area contributed by atoms with Gasteiger partial charge in [-0.2, -0.15) is 0 Å². The number of imidazole rings is 1. The van der Waals surface area contributed by atoms with Crippen LogP contribution in [0.5, 0.6) is 0 Å². The normalized spacial score (nSPS) is 11.1. The highest BCUT2D eigenvalue weighted by molar-refractivity contribution is 7.99. The predicted molar refractivity (Wildman–Crippen MR) is 61.4 cm³/mol. The molecule has 0 aromatic carbocycles. The number of carbonyl (C=O) groups is 1. The van der Waals surface area contributed by atoms with Crippen molar-refractivity contribution in [3.63, 3.8) is 0 Å². The maximum atomic E-state index is 11.1. The summed E-state index contributed by atoms with van der Waals surface area (Å²) in [5, 5.41) is 14.2. The fourth-order valence-electron chi connectivity index (χ4n) is 1.36. The fourth-order valence-corrected chi connectivity index (χ4v) is 2.94. The van der Waals surface area contributed by atoms with Crippen LogP contribution in [0.1, 0.15) is 10.5 Å². The fraction of sp³-hybridized carbons (Fsp3) is 0.125. The van der Waals surface area contributed by atoms with Gasteiger partial charge in [0, 0.05) is 18.6 Å². The van der Waals surface area contributed by atoms with Crippen molar-refractivity contribution in [3.8, 4) is 0 Å². The highest BCUT2D eigenvalue weighted by Crippen LogP contribution is 2.28. The van der Waals surface area contributed by atoms with Crippen LogP contribution in [0.25, 0.3) is 4.96 Å². The molecule has 86 valence electrons. The van der Waals surface area contributed by atoms with E-state index < -0.39 is 0 Å². The Labute approximate surface area is 103 Å². The van der Waals surface area contributed by atoms with Gasteiger partial charge in [-0.3, -0.25) is 9.20 Å². The van der Waals surface area contributed by atoms with Gasteiger partial charge in [0.25, 0.3) is 0 Å².